The van der Waals surface area contributed by atoms with Crippen molar-refractivity contribution in [3.8, 4) is 5.69 Å². The fourth-order valence-electron chi connectivity index (χ4n) is 3.96. The smallest absolute Gasteiger partial charge is 0.305 e. The number of nitrogens with zero attached hydrogens (tertiary/aromatic N) is 3. The number of ether oxygens (including phenoxy) is 1. The van der Waals surface area contributed by atoms with Crippen molar-refractivity contribution in [3.63, 3.8) is 0 Å². The van der Waals surface area contributed by atoms with E-state index in [0.29, 0.717) is 24.5 Å². The molecule has 1 saturated heterocycles. The number of thiocarbonyl (C=S) groups is 1. The number of carbonyl (C=O) groups is 1. The van der Waals surface area contributed by atoms with Crippen LogP contribution >= 0.6 is 12.2 Å². The Balaban J connectivity index is 1.72. The van der Waals surface area contributed by atoms with Crippen LogP contribution in [0.1, 0.15) is 36.3 Å². The van der Waals surface area contributed by atoms with E-state index in [1.165, 1.54) is 19.2 Å². The summed E-state index contributed by atoms with van der Waals surface area (Å²) in [6, 6.07) is 15.8. The van der Waals surface area contributed by atoms with Gasteiger partial charge in [0.2, 0.25) is 0 Å². The number of methoxy groups -OCH3 is 1. The highest BCUT2D eigenvalue weighted by Gasteiger charge is 2.41. The van der Waals surface area contributed by atoms with Gasteiger partial charge in [-0.1, -0.05) is 12.1 Å². The van der Waals surface area contributed by atoms with E-state index >= 15 is 0 Å². The van der Waals surface area contributed by atoms with Crippen LogP contribution in [-0.2, 0) is 9.53 Å². The minimum atomic E-state index is -0.298. The summed E-state index contributed by atoms with van der Waals surface area (Å²) in [5.74, 6) is -0.549. The van der Waals surface area contributed by atoms with Crippen molar-refractivity contribution >= 4 is 23.3 Å². The van der Waals surface area contributed by atoms with Gasteiger partial charge >= 0.3 is 5.97 Å². The van der Waals surface area contributed by atoms with E-state index in [0.717, 1.165) is 17.1 Å². The Hall–Kier alpha value is -3.26. The zero-order valence-corrected chi connectivity index (χ0v) is 17.9. The summed E-state index contributed by atoms with van der Waals surface area (Å²) in [6.45, 7) is 0.573. The Kier molecular flexibility index (Phi) is 6.27. The molecule has 8 heteroatoms. The molecule has 31 heavy (non-hydrogen) atoms. The Morgan fingerprint density at radius 2 is 2.10 bits per heavy atom. The number of aromatic nitrogens is 2. The number of halogens is 1. The predicted octanol–water partition coefficient (Wildman–Crippen LogP) is 3.94. The van der Waals surface area contributed by atoms with Gasteiger partial charge in [0.1, 0.15) is 5.82 Å². The molecule has 160 valence electrons. The number of pyridine rings is 1. The van der Waals surface area contributed by atoms with Crippen molar-refractivity contribution in [2.24, 2.45) is 0 Å². The second kappa shape index (κ2) is 9.26. The van der Waals surface area contributed by atoms with E-state index in [2.05, 4.69) is 15.2 Å². The highest BCUT2D eigenvalue weighted by molar-refractivity contribution is 7.80. The lowest BCUT2D eigenvalue weighted by atomic mass is 10.0. The normalized spacial score (nSPS) is 18.1. The van der Waals surface area contributed by atoms with Crippen LogP contribution in [0.25, 0.3) is 5.69 Å². The average Bonchev–Trinajstić information content (AvgIpc) is 3.39. The third-order valence-electron chi connectivity index (χ3n) is 5.38. The predicted molar refractivity (Wildman–Crippen MR) is 119 cm³/mol. The van der Waals surface area contributed by atoms with Gasteiger partial charge in [-0.25, -0.2) is 4.39 Å². The zero-order valence-electron chi connectivity index (χ0n) is 17.1. The van der Waals surface area contributed by atoms with Gasteiger partial charge in [-0.15, -0.1) is 0 Å². The summed E-state index contributed by atoms with van der Waals surface area (Å²) < 4.78 is 20.6. The standard InChI is InChI=1S/C23H23FN4O2S/c1-30-20(29)11-6-14-28-22(21(26-23(28)31)18-9-2-3-12-25-18)19-10-5-13-27(19)17-8-4-7-16(24)15-17/h2-5,7-10,12-13,15,21-22H,6,11,14H2,1H3,(H,26,31). The van der Waals surface area contributed by atoms with Crippen LogP contribution in [0.15, 0.2) is 67.0 Å². The molecule has 2 atom stereocenters. The molecular weight excluding hydrogens is 415 g/mol. The van der Waals surface area contributed by atoms with Gasteiger partial charge in [0.05, 0.1) is 24.9 Å². The van der Waals surface area contributed by atoms with Crippen molar-refractivity contribution in [3.05, 3.63) is 84.2 Å². The molecule has 3 heterocycles. The van der Waals surface area contributed by atoms with Crippen LogP contribution in [0.4, 0.5) is 4.39 Å². The summed E-state index contributed by atoms with van der Waals surface area (Å²) in [5.41, 5.74) is 2.54. The lowest BCUT2D eigenvalue weighted by Gasteiger charge is -2.29. The molecule has 0 spiro atoms. The van der Waals surface area contributed by atoms with Gasteiger partial charge in [0, 0.05) is 36.7 Å². The molecule has 1 aromatic carbocycles. The number of hydrogen-bond donors (Lipinski definition) is 1. The number of carbonyl (C=O) groups excluding carboxylic acids is 1. The van der Waals surface area contributed by atoms with E-state index in [4.69, 9.17) is 17.0 Å². The van der Waals surface area contributed by atoms with Crippen LogP contribution in [0, 0.1) is 5.82 Å². The zero-order chi connectivity index (χ0) is 21.8. The highest BCUT2D eigenvalue weighted by atomic mass is 32.1. The van der Waals surface area contributed by atoms with Crippen LogP contribution in [0.3, 0.4) is 0 Å². The van der Waals surface area contributed by atoms with Gasteiger partial charge in [-0.3, -0.25) is 9.78 Å². The highest BCUT2D eigenvalue weighted by Crippen LogP contribution is 2.39. The van der Waals surface area contributed by atoms with E-state index in [-0.39, 0.29) is 23.9 Å². The van der Waals surface area contributed by atoms with Crippen molar-refractivity contribution in [2.75, 3.05) is 13.7 Å². The first-order valence-electron chi connectivity index (χ1n) is 10.1. The molecule has 2 aromatic heterocycles. The first-order chi connectivity index (χ1) is 15.1. The molecule has 2 unspecified atom stereocenters. The Morgan fingerprint density at radius 3 is 2.84 bits per heavy atom. The third-order valence-corrected chi connectivity index (χ3v) is 5.73. The lowest BCUT2D eigenvalue weighted by molar-refractivity contribution is -0.140. The van der Waals surface area contributed by atoms with Crippen molar-refractivity contribution in [1.82, 2.24) is 19.8 Å². The van der Waals surface area contributed by atoms with Crippen LogP contribution in [0.2, 0.25) is 0 Å². The lowest BCUT2D eigenvalue weighted by Crippen LogP contribution is -2.31. The molecule has 0 radical (unpaired) electrons. The molecule has 1 N–H and O–H groups in total. The van der Waals surface area contributed by atoms with Gasteiger partial charge in [-0.05, 0) is 61.1 Å². The number of benzene rings is 1. The number of nitrogens with one attached hydrogen (secondary N) is 1. The van der Waals surface area contributed by atoms with Crippen molar-refractivity contribution < 1.29 is 13.9 Å². The Morgan fingerprint density at radius 1 is 1.23 bits per heavy atom. The summed E-state index contributed by atoms with van der Waals surface area (Å²) in [6.07, 6.45) is 4.57. The quantitative estimate of drug-likeness (QED) is 0.446. The van der Waals surface area contributed by atoms with Crippen LogP contribution in [-0.4, -0.2) is 39.2 Å². The maximum Gasteiger partial charge on any atom is 0.305 e. The van der Waals surface area contributed by atoms with Crippen LogP contribution < -0.4 is 5.32 Å². The largest absolute Gasteiger partial charge is 0.469 e. The molecule has 1 aliphatic heterocycles. The molecule has 0 aliphatic carbocycles. The molecule has 1 aliphatic rings. The summed E-state index contributed by atoms with van der Waals surface area (Å²) >= 11 is 5.66. The van der Waals surface area contributed by atoms with Gasteiger partial charge < -0.3 is 19.5 Å². The summed E-state index contributed by atoms with van der Waals surface area (Å²) in [4.78, 5) is 18.2. The van der Waals surface area contributed by atoms with E-state index in [1.54, 1.807) is 12.3 Å². The molecule has 0 bridgehead atoms. The summed E-state index contributed by atoms with van der Waals surface area (Å²) in [7, 11) is 1.39. The first-order valence-corrected chi connectivity index (χ1v) is 10.5. The molecule has 3 aromatic rings. The Bertz CT molecular complexity index is 1070. The molecule has 0 amide bonds. The molecule has 4 rings (SSSR count). The van der Waals surface area contributed by atoms with Gasteiger partial charge in [-0.2, -0.15) is 0 Å². The minimum absolute atomic E-state index is 0.182. The fraction of sp³-hybridized carbons (Fsp3) is 0.261. The molecule has 1 fully saturated rings. The molecular formula is C23H23FN4O2S. The fourth-order valence-corrected chi connectivity index (χ4v) is 4.29. The average molecular weight is 439 g/mol. The number of hydrogen-bond acceptors (Lipinski definition) is 4. The second-order valence-corrected chi connectivity index (χ2v) is 7.67. The van der Waals surface area contributed by atoms with E-state index < -0.39 is 0 Å². The third kappa shape index (κ3) is 4.44. The maximum atomic E-state index is 13.9. The van der Waals surface area contributed by atoms with E-state index in [9.17, 15) is 9.18 Å². The molecule has 6 nitrogen and oxygen atoms in total. The number of esters is 1. The Labute approximate surface area is 185 Å². The second-order valence-electron chi connectivity index (χ2n) is 7.28. The van der Waals surface area contributed by atoms with Gasteiger partial charge in [0.25, 0.3) is 0 Å². The summed E-state index contributed by atoms with van der Waals surface area (Å²) in [5, 5.41) is 3.99. The van der Waals surface area contributed by atoms with E-state index in [1.807, 2.05) is 47.2 Å². The number of rotatable bonds is 7. The minimum Gasteiger partial charge on any atom is -0.469 e. The maximum absolute atomic E-state index is 13.9. The SMILES string of the molecule is COC(=O)CCCN1C(=S)NC(c2ccccn2)C1c1cccn1-c1cccc(F)c1. The van der Waals surface area contributed by atoms with Crippen molar-refractivity contribution in [1.29, 1.82) is 0 Å². The van der Waals surface area contributed by atoms with Crippen molar-refractivity contribution in [2.45, 2.75) is 24.9 Å². The van der Waals surface area contributed by atoms with Gasteiger partial charge in [0.15, 0.2) is 5.11 Å². The topological polar surface area (TPSA) is 59.4 Å². The molecule has 0 saturated carbocycles. The monoisotopic (exact) mass is 438 g/mol. The first kappa shape index (κ1) is 21.0. The van der Waals surface area contributed by atoms with Crippen LogP contribution in [0.5, 0.6) is 0 Å².